The van der Waals surface area contributed by atoms with Crippen LogP contribution in [0, 0.1) is 27.7 Å². The fourth-order valence-electron chi connectivity index (χ4n) is 17.0. The van der Waals surface area contributed by atoms with Gasteiger partial charge in [-0.3, -0.25) is 0 Å². The number of hydrogen-bond acceptors (Lipinski definition) is 4. The van der Waals surface area contributed by atoms with Gasteiger partial charge in [0, 0.05) is 148 Å². The minimum atomic E-state index is 0.826. The Hall–Kier alpha value is -14.0. The second-order valence-electron chi connectivity index (χ2n) is 28.6. The molecule has 8 nitrogen and oxygen atoms in total. The topological polar surface area (TPSA) is 30.8 Å². The van der Waals surface area contributed by atoms with Crippen molar-refractivity contribution < 1.29 is 0 Å². The summed E-state index contributed by atoms with van der Waals surface area (Å²) in [6, 6.07) is 128. The summed E-state index contributed by atoms with van der Waals surface area (Å²) in [5.74, 6) is 0. The SMILES string of the molecule is Cc1ccccc1N(c1ccc2c(c1)[N+](c1ccccc1)=CC2)c1cc(N(c2ccc3ccn(-c4ccccc4)c3c2)c2ccccc2C)c2ccc3c(N(c4ccc5ccn(-c6ccccc6)c5c4)c4ccccc4C)cc(N(c4ccc5ccn(-c6ccccc6)c5c4)c4ccccc4C)c4ccc1c2c43. The molecule has 108 heavy (non-hydrogen) atoms. The van der Waals surface area contributed by atoms with Gasteiger partial charge < -0.3 is 33.3 Å². The van der Waals surface area contributed by atoms with Gasteiger partial charge in [-0.2, -0.15) is 4.58 Å². The fraction of sp³-hybridized carbons (Fsp3) is 0.0500. The highest BCUT2D eigenvalue weighted by molar-refractivity contribution is 6.33. The van der Waals surface area contributed by atoms with Crippen LogP contribution in [0.25, 0.3) is 82.1 Å². The van der Waals surface area contributed by atoms with E-state index in [0.29, 0.717) is 0 Å². The van der Waals surface area contributed by atoms with Gasteiger partial charge in [0.2, 0.25) is 11.4 Å². The van der Waals surface area contributed by atoms with Crippen molar-refractivity contribution in [2.45, 2.75) is 34.1 Å². The fourth-order valence-corrected chi connectivity index (χ4v) is 17.0. The zero-order chi connectivity index (χ0) is 72.1. The molecule has 1 aliphatic heterocycles. The molecule has 0 aliphatic carbocycles. The third-order valence-electron chi connectivity index (χ3n) is 22.2. The molecule has 0 bridgehead atoms. The highest BCUT2D eigenvalue weighted by atomic mass is 15.2. The van der Waals surface area contributed by atoms with E-state index in [1.54, 1.807) is 0 Å². The molecule has 1 aliphatic rings. The van der Waals surface area contributed by atoms with Gasteiger partial charge in [0.05, 0.1) is 51.4 Å². The summed E-state index contributed by atoms with van der Waals surface area (Å²) < 4.78 is 9.35. The normalized spacial score (nSPS) is 12.1. The number of anilines is 12. The van der Waals surface area contributed by atoms with Gasteiger partial charge in [0.25, 0.3) is 0 Å². The molecule has 514 valence electrons. The number of nitrogens with zero attached hydrogens (tertiary/aromatic N) is 8. The van der Waals surface area contributed by atoms with Gasteiger partial charge in [0.1, 0.15) is 0 Å². The minimum absolute atomic E-state index is 0.826. The van der Waals surface area contributed by atoms with E-state index in [-0.39, 0.29) is 0 Å². The lowest BCUT2D eigenvalue weighted by molar-refractivity contribution is 1.11. The van der Waals surface area contributed by atoms with E-state index in [9.17, 15) is 0 Å². The molecule has 20 rings (SSSR count). The lowest BCUT2D eigenvalue weighted by Crippen LogP contribution is -2.17. The van der Waals surface area contributed by atoms with Crippen LogP contribution in [-0.4, -0.2) is 19.9 Å². The standard InChI is InChI=1S/C100H75N8/c1-67-25-17-21-37-87(67)105(79-45-41-71-53-57-101(91(71)61-79)75-29-9-5-10-30-75)95-65-96(106(88-38-22-18-26-68(88)2)80-46-42-72-54-58-102(92(72)62-80)76-31-11-6-12-32-76)84-51-52-86-98(108(90-40-24-20-28-70(90)4)82-48-44-74-56-60-104(94(74)64-82)78-35-15-8-16-36-78)66-97(85-50-49-83(95)99(84)100(85)86)107(89-39-23-19-27-69(89)3)81-47-43-73-55-59-103(93(73)63-81)77-33-13-7-14-34-77/h5-55,57-66H,56H2,1-4H3/q+1. The maximum absolute atomic E-state index is 2.56. The van der Waals surface area contributed by atoms with Crippen LogP contribution in [0.1, 0.15) is 27.8 Å². The molecule has 0 unspecified atom stereocenters. The number of hydrogen-bond donors (Lipinski definition) is 0. The van der Waals surface area contributed by atoms with Crippen molar-refractivity contribution in [3.05, 3.63) is 392 Å². The van der Waals surface area contributed by atoms with Crippen LogP contribution in [0.4, 0.5) is 79.6 Å². The van der Waals surface area contributed by atoms with E-state index in [2.05, 4.69) is 436 Å². The highest BCUT2D eigenvalue weighted by Gasteiger charge is 2.33. The molecule has 0 saturated heterocycles. The first-order valence-electron chi connectivity index (χ1n) is 37.3. The van der Waals surface area contributed by atoms with Crippen molar-refractivity contribution in [2.75, 3.05) is 19.6 Å². The Bertz CT molecular complexity index is 6540. The van der Waals surface area contributed by atoms with Crippen molar-refractivity contribution in [2.24, 2.45) is 0 Å². The van der Waals surface area contributed by atoms with Crippen LogP contribution >= 0.6 is 0 Å². The Morgan fingerprint density at radius 1 is 0.259 bits per heavy atom. The Kier molecular flexibility index (Phi) is 15.4. The lowest BCUT2D eigenvalue weighted by atomic mass is 9.88. The largest absolute Gasteiger partial charge is 0.316 e. The summed E-state index contributed by atoms with van der Waals surface area (Å²) in [6.07, 6.45) is 9.77. The summed E-state index contributed by atoms with van der Waals surface area (Å²) in [7, 11) is 0. The number of fused-ring (bicyclic) bond motifs is 4. The average molecular weight is 1390 g/mol. The number of aromatic nitrogens is 3. The molecule has 19 aromatic rings. The third kappa shape index (κ3) is 10.6. The summed E-state index contributed by atoms with van der Waals surface area (Å²) in [5.41, 5.74) is 27.4. The van der Waals surface area contributed by atoms with E-state index in [1.165, 1.54) is 5.56 Å². The van der Waals surface area contributed by atoms with Gasteiger partial charge >= 0.3 is 0 Å². The Balaban J connectivity index is 0.954. The molecule has 0 atom stereocenters. The molecule has 4 heterocycles. The van der Waals surface area contributed by atoms with Crippen molar-refractivity contribution in [3.63, 3.8) is 0 Å². The average Bonchev–Trinajstić information content (AvgIpc) is 0.758. The molecule has 3 aromatic heterocycles. The lowest BCUT2D eigenvalue weighted by Gasteiger charge is -2.35. The Morgan fingerprint density at radius 2 is 0.556 bits per heavy atom. The van der Waals surface area contributed by atoms with Crippen LogP contribution < -0.4 is 24.2 Å². The van der Waals surface area contributed by atoms with Crippen LogP contribution in [-0.2, 0) is 6.42 Å². The molecule has 0 fully saturated rings. The van der Waals surface area contributed by atoms with Crippen LogP contribution in [0.2, 0.25) is 0 Å². The highest BCUT2D eigenvalue weighted by Crippen LogP contribution is 2.57. The first-order chi connectivity index (χ1) is 53.2. The van der Waals surface area contributed by atoms with Crippen LogP contribution in [0.15, 0.2) is 364 Å². The van der Waals surface area contributed by atoms with Crippen LogP contribution in [0.5, 0.6) is 0 Å². The molecule has 8 heteroatoms. The maximum atomic E-state index is 2.56. The van der Waals surface area contributed by atoms with Gasteiger partial charge in [-0.25, -0.2) is 0 Å². The monoisotopic (exact) mass is 1390 g/mol. The second-order valence-corrected chi connectivity index (χ2v) is 28.6. The molecule has 0 saturated carbocycles. The summed E-state index contributed by atoms with van der Waals surface area (Å²) >= 11 is 0. The Labute approximate surface area is 628 Å². The van der Waals surface area contributed by atoms with E-state index in [4.69, 9.17) is 0 Å². The third-order valence-corrected chi connectivity index (χ3v) is 22.2. The van der Waals surface area contributed by atoms with Crippen molar-refractivity contribution in [1.82, 2.24) is 18.3 Å². The predicted octanol–water partition coefficient (Wildman–Crippen LogP) is 27.0. The second kappa shape index (κ2) is 26.0. The first-order valence-corrected chi connectivity index (χ1v) is 37.3. The van der Waals surface area contributed by atoms with Crippen LogP contribution in [0.3, 0.4) is 0 Å². The summed E-state index contributed by atoms with van der Waals surface area (Å²) in [5, 5.41) is 10.2. The molecule has 0 spiro atoms. The van der Waals surface area contributed by atoms with E-state index < -0.39 is 0 Å². The Morgan fingerprint density at radius 3 is 0.889 bits per heavy atom. The molecular formula is C100H75N8+. The van der Waals surface area contributed by atoms with E-state index in [0.717, 1.165) is 190 Å². The molecule has 0 N–H and O–H groups in total. The molecule has 0 amide bonds. The van der Waals surface area contributed by atoms with Crippen molar-refractivity contribution in [1.29, 1.82) is 0 Å². The van der Waals surface area contributed by atoms with E-state index in [1.807, 2.05) is 0 Å². The number of aryl methyl sites for hydroxylation is 4. The molecule has 16 aromatic carbocycles. The number of rotatable bonds is 16. The summed E-state index contributed by atoms with van der Waals surface area (Å²) in [4.78, 5) is 10.2. The molecular weight excluding hydrogens is 1310 g/mol. The number of benzene rings is 16. The zero-order valence-corrected chi connectivity index (χ0v) is 60.5. The zero-order valence-electron chi connectivity index (χ0n) is 60.5. The number of para-hydroxylation sites is 8. The maximum Gasteiger partial charge on any atom is 0.216 e. The summed E-state index contributed by atoms with van der Waals surface area (Å²) in [6.45, 7) is 9.02. The predicted molar refractivity (Wildman–Crippen MR) is 456 cm³/mol. The van der Waals surface area contributed by atoms with Crippen molar-refractivity contribution in [3.8, 4) is 17.1 Å². The quantitative estimate of drug-likeness (QED) is 0.0713. The first kappa shape index (κ1) is 63.7. The van der Waals surface area contributed by atoms with Gasteiger partial charge in [-0.15, -0.1) is 0 Å². The van der Waals surface area contributed by atoms with E-state index >= 15 is 0 Å². The molecule has 0 radical (unpaired) electrons. The minimum Gasteiger partial charge on any atom is -0.316 e. The van der Waals surface area contributed by atoms with Crippen molar-refractivity contribution >= 4 is 151 Å². The van der Waals surface area contributed by atoms with Gasteiger partial charge in [-0.05, 0) is 189 Å². The smallest absolute Gasteiger partial charge is 0.216 e. The van der Waals surface area contributed by atoms with Gasteiger partial charge in [0.15, 0.2) is 6.21 Å². The van der Waals surface area contributed by atoms with Gasteiger partial charge in [-0.1, -0.05) is 188 Å².